The zero-order chi connectivity index (χ0) is 12.8. The highest BCUT2D eigenvalue weighted by molar-refractivity contribution is 5.93. The number of urea groups is 1. The molecule has 6 heteroatoms. The molecule has 17 heavy (non-hydrogen) atoms. The molecule has 0 fully saturated rings. The Labute approximate surface area is 97.6 Å². The van der Waals surface area contributed by atoms with Gasteiger partial charge in [-0.25, -0.2) is 14.0 Å². The zero-order valence-corrected chi connectivity index (χ0v) is 9.29. The molecule has 1 aromatic rings. The van der Waals surface area contributed by atoms with E-state index in [1.807, 2.05) is 6.92 Å². The number of carbonyl (C=O) groups excluding carboxylic acids is 1. The fourth-order valence-corrected chi connectivity index (χ4v) is 1.18. The molecular formula is C11H13FN2O3. The summed E-state index contributed by atoms with van der Waals surface area (Å²) < 4.78 is 13.1. The minimum Gasteiger partial charge on any atom is -0.478 e. The molecule has 0 atom stereocenters. The van der Waals surface area contributed by atoms with Crippen molar-refractivity contribution >= 4 is 17.7 Å². The van der Waals surface area contributed by atoms with E-state index in [1.165, 1.54) is 6.07 Å². The first-order chi connectivity index (χ1) is 8.04. The third-order valence-electron chi connectivity index (χ3n) is 1.99. The van der Waals surface area contributed by atoms with E-state index < -0.39 is 23.4 Å². The monoisotopic (exact) mass is 240 g/mol. The van der Waals surface area contributed by atoms with Crippen LogP contribution in [0.5, 0.6) is 0 Å². The van der Waals surface area contributed by atoms with Gasteiger partial charge in [-0.1, -0.05) is 6.92 Å². The Hall–Kier alpha value is -2.11. The van der Waals surface area contributed by atoms with Gasteiger partial charge in [-0.2, -0.15) is 0 Å². The van der Waals surface area contributed by atoms with Crippen LogP contribution >= 0.6 is 0 Å². The number of halogens is 1. The van der Waals surface area contributed by atoms with Crippen molar-refractivity contribution in [2.24, 2.45) is 0 Å². The summed E-state index contributed by atoms with van der Waals surface area (Å²) in [6.07, 6.45) is 0.789. The number of aromatic carboxylic acids is 1. The van der Waals surface area contributed by atoms with Crippen molar-refractivity contribution in [1.29, 1.82) is 0 Å². The van der Waals surface area contributed by atoms with E-state index in [0.717, 1.165) is 18.6 Å². The standard InChI is InChI=1S/C11H13FN2O3/c1-2-5-13-11(17)14-7-3-4-9(12)8(6-7)10(15)16/h3-4,6H,2,5H2,1H3,(H,15,16)(H2,13,14,17). The SMILES string of the molecule is CCCNC(=O)Nc1ccc(F)c(C(=O)O)c1. The van der Waals surface area contributed by atoms with Crippen molar-refractivity contribution in [2.45, 2.75) is 13.3 Å². The van der Waals surface area contributed by atoms with Gasteiger partial charge in [0.25, 0.3) is 0 Å². The Balaban J connectivity index is 2.75. The van der Waals surface area contributed by atoms with E-state index in [1.54, 1.807) is 0 Å². The molecule has 1 aromatic carbocycles. The van der Waals surface area contributed by atoms with Gasteiger partial charge in [0, 0.05) is 12.2 Å². The second-order valence-electron chi connectivity index (χ2n) is 3.38. The number of hydrogen-bond acceptors (Lipinski definition) is 2. The molecular weight excluding hydrogens is 227 g/mol. The lowest BCUT2D eigenvalue weighted by atomic mass is 10.2. The molecule has 0 bridgehead atoms. The largest absolute Gasteiger partial charge is 0.478 e. The number of rotatable bonds is 4. The van der Waals surface area contributed by atoms with E-state index in [-0.39, 0.29) is 5.69 Å². The predicted molar refractivity (Wildman–Crippen MR) is 60.7 cm³/mol. The maximum absolute atomic E-state index is 13.1. The molecule has 2 amide bonds. The number of carbonyl (C=O) groups is 2. The summed E-state index contributed by atoms with van der Waals surface area (Å²) in [4.78, 5) is 21.9. The average molecular weight is 240 g/mol. The summed E-state index contributed by atoms with van der Waals surface area (Å²) in [6, 6.07) is 2.92. The fourth-order valence-electron chi connectivity index (χ4n) is 1.18. The molecule has 3 N–H and O–H groups in total. The van der Waals surface area contributed by atoms with E-state index in [4.69, 9.17) is 5.11 Å². The average Bonchev–Trinajstić information content (AvgIpc) is 2.28. The maximum Gasteiger partial charge on any atom is 0.338 e. The molecule has 0 saturated heterocycles. The van der Waals surface area contributed by atoms with Crippen LogP contribution in [0.3, 0.4) is 0 Å². The van der Waals surface area contributed by atoms with Crippen molar-refractivity contribution in [3.05, 3.63) is 29.6 Å². The number of benzene rings is 1. The number of carboxylic acid groups (broad SMARTS) is 1. The highest BCUT2D eigenvalue weighted by atomic mass is 19.1. The van der Waals surface area contributed by atoms with Crippen LogP contribution in [-0.2, 0) is 0 Å². The van der Waals surface area contributed by atoms with Gasteiger partial charge in [0.05, 0.1) is 5.56 Å². The molecule has 5 nitrogen and oxygen atoms in total. The minimum atomic E-state index is -1.37. The van der Waals surface area contributed by atoms with Crippen LogP contribution in [0.2, 0.25) is 0 Å². The van der Waals surface area contributed by atoms with Crippen molar-refractivity contribution in [1.82, 2.24) is 5.32 Å². The number of amides is 2. The molecule has 0 radical (unpaired) electrons. The highest BCUT2D eigenvalue weighted by Crippen LogP contribution is 2.14. The van der Waals surface area contributed by atoms with Crippen molar-refractivity contribution in [3.8, 4) is 0 Å². The molecule has 0 aliphatic heterocycles. The van der Waals surface area contributed by atoms with Crippen LogP contribution in [0.15, 0.2) is 18.2 Å². The Kier molecular flexibility index (Phi) is 4.45. The van der Waals surface area contributed by atoms with Crippen LogP contribution in [0.25, 0.3) is 0 Å². The number of hydrogen-bond donors (Lipinski definition) is 3. The van der Waals surface area contributed by atoms with Gasteiger partial charge >= 0.3 is 12.0 Å². The third-order valence-corrected chi connectivity index (χ3v) is 1.99. The smallest absolute Gasteiger partial charge is 0.338 e. The zero-order valence-electron chi connectivity index (χ0n) is 9.29. The van der Waals surface area contributed by atoms with Crippen LogP contribution < -0.4 is 10.6 Å². The molecule has 0 aliphatic carbocycles. The summed E-state index contributed by atoms with van der Waals surface area (Å²) in [6.45, 7) is 2.42. The van der Waals surface area contributed by atoms with Crippen molar-refractivity contribution < 1.29 is 19.1 Å². The first-order valence-corrected chi connectivity index (χ1v) is 5.12. The second-order valence-corrected chi connectivity index (χ2v) is 3.38. The Morgan fingerprint density at radius 1 is 1.41 bits per heavy atom. The van der Waals surface area contributed by atoms with E-state index in [2.05, 4.69) is 10.6 Å². The lowest BCUT2D eigenvalue weighted by Gasteiger charge is -2.07. The molecule has 0 spiro atoms. The molecule has 0 saturated carbocycles. The third kappa shape index (κ3) is 3.75. The van der Waals surface area contributed by atoms with Gasteiger partial charge in [-0.15, -0.1) is 0 Å². The summed E-state index contributed by atoms with van der Waals surface area (Å²) in [5.74, 6) is -2.21. The van der Waals surface area contributed by atoms with E-state index >= 15 is 0 Å². The quantitative estimate of drug-likeness (QED) is 0.753. The number of anilines is 1. The van der Waals surface area contributed by atoms with Crippen LogP contribution in [0.1, 0.15) is 23.7 Å². The summed E-state index contributed by atoms with van der Waals surface area (Å²) in [7, 11) is 0. The first kappa shape index (κ1) is 13.0. The topological polar surface area (TPSA) is 78.4 Å². The fraction of sp³-hybridized carbons (Fsp3) is 0.273. The van der Waals surface area contributed by atoms with Gasteiger partial charge in [-0.05, 0) is 24.6 Å². The first-order valence-electron chi connectivity index (χ1n) is 5.12. The number of nitrogens with one attached hydrogen (secondary N) is 2. The molecule has 0 aliphatic rings. The van der Waals surface area contributed by atoms with Gasteiger partial charge < -0.3 is 15.7 Å². The Morgan fingerprint density at radius 3 is 2.71 bits per heavy atom. The summed E-state index contributed by atoms with van der Waals surface area (Å²) in [5, 5.41) is 13.7. The summed E-state index contributed by atoms with van der Waals surface area (Å²) >= 11 is 0. The molecule has 92 valence electrons. The molecule has 0 aromatic heterocycles. The highest BCUT2D eigenvalue weighted by Gasteiger charge is 2.11. The molecule has 0 heterocycles. The van der Waals surface area contributed by atoms with Crippen LogP contribution in [-0.4, -0.2) is 23.7 Å². The Bertz CT molecular complexity index is 435. The lowest BCUT2D eigenvalue weighted by Crippen LogP contribution is -2.29. The van der Waals surface area contributed by atoms with Gasteiger partial charge in [0.1, 0.15) is 5.82 Å². The van der Waals surface area contributed by atoms with Crippen LogP contribution in [0.4, 0.5) is 14.9 Å². The second kappa shape index (κ2) is 5.83. The maximum atomic E-state index is 13.1. The number of carboxylic acids is 1. The molecule has 0 unspecified atom stereocenters. The van der Waals surface area contributed by atoms with E-state index in [0.29, 0.717) is 6.54 Å². The van der Waals surface area contributed by atoms with E-state index in [9.17, 15) is 14.0 Å². The predicted octanol–water partition coefficient (Wildman–Crippen LogP) is 2.06. The molecule has 1 rings (SSSR count). The van der Waals surface area contributed by atoms with Crippen LogP contribution in [0, 0.1) is 5.82 Å². The lowest BCUT2D eigenvalue weighted by molar-refractivity contribution is 0.0692. The van der Waals surface area contributed by atoms with Gasteiger partial charge in [0.15, 0.2) is 0 Å². The Morgan fingerprint density at radius 2 is 2.12 bits per heavy atom. The van der Waals surface area contributed by atoms with Gasteiger partial charge in [-0.3, -0.25) is 0 Å². The van der Waals surface area contributed by atoms with Crippen molar-refractivity contribution in [3.63, 3.8) is 0 Å². The van der Waals surface area contributed by atoms with Gasteiger partial charge in [0.2, 0.25) is 0 Å². The minimum absolute atomic E-state index is 0.234. The van der Waals surface area contributed by atoms with Crippen molar-refractivity contribution in [2.75, 3.05) is 11.9 Å². The summed E-state index contributed by atoms with van der Waals surface area (Å²) in [5.41, 5.74) is -0.240. The normalized spacial score (nSPS) is 9.76.